The highest BCUT2D eigenvalue weighted by Gasteiger charge is 2.78. The number of esters is 4. The molecule has 1 aliphatic carbocycles. The van der Waals surface area contributed by atoms with Crippen molar-refractivity contribution in [1.82, 2.24) is 0 Å². The lowest BCUT2D eigenvalue weighted by atomic mass is 9.63. The van der Waals surface area contributed by atoms with E-state index in [1.165, 1.54) is 7.11 Å². The van der Waals surface area contributed by atoms with Crippen LogP contribution in [0.3, 0.4) is 0 Å². The lowest BCUT2D eigenvalue weighted by molar-refractivity contribution is -0.185. The maximum Gasteiger partial charge on any atom is 0.324 e. The first-order chi connectivity index (χ1) is 25.2. The average Bonchev–Trinajstić information content (AvgIpc) is 3.60. The van der Waals surface area contributed by atoms with Crippen molar-refractivity contribution in [3.8, 4) is 0 Å². The largest absolute Gasteiger partial charge is 0.469 e. The minimum Gasteiger partial charge on any atom is -0.469 e. The average molecular weight is 704 g/mol. The number of anilines is 1. The van der Waals surface area contributed by atoms with Gasteiger partial charge < -0.3 is 23.8 Å². The van der Waals surface area contributed by atoms with Crippen molar-refractivity contribution in [2.45, 2.75) is 51.9 Å². The van der Waals surface area contributed by atoms with Crippen LogP contribution in [0.15, 0.2) is 109 Å². The molecule has 10 nitrogen and oxygen atoms in total. The van der Waals surface area contributed by atoms with Gasteiger partial charge in [-0.2, -0.15) is 0 Å². The van der Waals surface area contributed by atoms with Crippen molar-refractivity contribution in [2.24, 2.45) is 17.3 Å². The summed E-state index contributed by atoms with van der Waals surface area (Å²) >= 11 is 0. The Kier molecular flexibility index (Phi) is 10.6. The molecule has 0 unspecified atom stereocenters. The van der Waals surface area contributed by atoms with Crippen molar-refractivity contribution in [1.29, 1.82) is 0 Å². The number of methoxy groups -OCH3 is 1. The van der Waals surface area contributed by atoms with Crippen LogP contribution in [0.2, 0.25) is 0 Å². The summed E-state index contributed by atoms with van der Waals surface area (Å²) in [6, 6.07) is 32.5. The molecular weight excluding hydrogens is 662 g/mol. The van der Waals surface area contributed by atoms with Crippen LogP contribution in [0.5, 0.6) is 0 Å². The lowest BCUT2D eigenvalue weighted by Crippen LogP contribution is -2.56. The van der Waals surface area contributed by atoms with Crippen LogP contribution in [0.25, 0.3) is 0 Å². The quantitative estimate of drug-likeness (QED) is 0.0990. The van der Waals surface area contributed by atoms with Gasteiger partial charge in [-0.3, -0.25) is 24.0 Å². The number of ether oxygens (including phenoxy) is 4. The predicted molar refractivity (Wildman–Crippen MR) is 190 cm³/mol. The van der Waals surface area contributed by atoms with Crippen LogP contribution < -0.4 is 4.90 Å². The molecule has 0 saturated heterocycles. The maximum atomic E-state index is 15.5. The molecule has 268 valence electrons. The molecule has 0 aromatic heterocycles. The molecule has 52 heavy (non-hydrogen) atoms. The Morgan fingerprint density at radius 2 is 1.29 bits per heavy atom. The van der Waals surface area contributed by atoms with Crippen molar-refractivity contribution in [3.63, 3.8) is 0 Å². The number of carbonyl (C=O) groups is 5. The molecule has 1 aliphatic heterocycles. The summed E-state index contributed by atoms with van der Waals surface area (Å²) in [6.07, 6.45) is -0.810. The fourth-order valence-electron chi connectivity index (χ4n) is 7.87. The summed E-state index contributed by atoms with van der Waals surface area (Å²) < 4.78 is 22.6. The Balaban J connectivity index is 1.58. The zero-order chi connectivity index (χ0) is 36.9. The summed E-state index contributed by atoms with van der Waals surface area (Å²) in [6.45, 7) is 3.02. The first kappa shape index (κ1) is 36.0. The lowest BCUT2D eigenvalue weighted by Gasteiger charge is -2.37. The van der Waals surface area contributed by atoms with Gasteiger partial charge in [0, 0.05) is 12.1 Å². The number of carbonyl (C=O) groups excluding carboxylic acids is 5. The van der Waals surface area contributed by atoms with Gasteiger partial charge in [0.2, 0.25) is 5.91 Å². The molecule has 1 heterocycles. The van der Waals surface area contributed by atoms with E-state index in [1.807, 2.05) is 55.5 Å². The van der Waals surface area contributed by atoms with Crippen LogP contribution in [-0.4, -0.2) is 43.5 Å². The molecule has 0 N–H and O–H groups in total. The Morgan fingerprint density at radius 3 is 1.81 bits per heavy atom. The van der Waals surface area contributed by atoms with Gasteiger partial charge in [0.05, 0.1) is 25.7 Å². The van der Waals surface area contributed by atoms with E-state index in [0.717, 1.165) is 11.1 Å². The minimum absolute atomic E-state index is 0.107. The van der Waals surface area contributed by atoms with E-state index in [2.05, 4.69) is 0 Å². The van der Waals surface area contributed by atoms with E-state index < -0.39 is 58.9 Å². The molecule has 1 spiro atoms. The van der Waals surface area contributed by atoms with Gasteiger partial charge >= 0.3 is 23.9 Å². The maximum absolute atomic E-state index is 15.5. The van der Waals surface area contributed by atoms with Crippen molar-refractivity contribution < 1.29 is 42.9 Å². The van der Waals surface area contributed by atoms with E-state index in [-0.39, 0.29) is 32.8 Å². The molecule has 0 radical (unpaired) electrons. The Hall–Kier alpha value is -5.77. The van der Waals surface area contributed by atoms with Crippen LogP contribution in [0.4, 0.5) is 5.69 Å². The van der Waals surface area contributed by atoms with Gasteiger partial charge in [-0.15, -0.1) is 0 Å². The topological polar surface area (TPSA) is 126 Å². The second-order valence-electron chi connectivity index (χ2n) is 13.2. The molecule has 6 rings (SSSR count). The number of hydrogen-bond acceptors (Lipinski definition) is 9. The third-order valence-electron chi connectivity index (χ3n) is 10.1. The normalized spacial score (nSPS) is 19.9. The fourth-order valence-corrected chi connectivity index (χ4v) is 7.87. The summed E-state index contributed by atoms with van der Waals surface area (Å²) in [7, 11) is 1.22. The molecule has 3 atom stereocenters. The summed E-state index contributed by atoms with van der Waals surface area (Å²) in [5.41, 5.74) is -0.553. The Morgan fingerprint density at radius 1 is 0.750 bits per heavy atom. The SMILES string of the molecule is CCOC(=O)[C@@H]1C(C(=O)OCc2ccccc2)(C(=O)OCc2ccccc2)C[C@H](CC(=O)OC)[C@@]12C(=O)N(Cc1ccccc1)c1ccc(C)cc12. The zero-order valence-corrected chi connectivity index (χ0v) is 29.4. The number of benzene rings is 4. The van der Waals surface area contributed by atoms with E-state index in [4.69, 9.17) is 18.9 Å². The molecule has 10 heteroatoms. The first-order valence-corrected chi connectivity index (χ1v) is 17.3. The van der Waals surface area contributed by atoms with Crippen molar-refractivity contribution in [3.05, 3.63) is 137 Å². The summed E-state index contributed by atoms with van der Waals surface area (Å²) in [4.78, 5) is 74.6. The van der Waals surface area contributed by atoms with Gasteiger partial charge in [0.1, 0.15) is 19.1 Å². The highest BCUT2D eigenvalue weighted by atomic mass is 16.6. The molecule has 2 aliphatic rings. The van der Waals surface area contributed by atoms with E-state index in [9.17, 15) is 19.2 Å². The van der Waals surface area contributed by atoms with Gasteiger partial charge in [-0.05, 0) is 54.5 Å². The number of amides is 1. The van der Waals surface area contributed by atoms with E-state index in [0.29, 0.717) is 22.4 Å². The first-order valence-electron chi connectivity index (χ1n) is 17.3. The highest BCUT2D eigenvalue weighted by Crippen LogP contribution is 2.66. The van der Waals surface area contributed by atoms with Crippen molar-refractivity contribution in [2.75, 3.05) is 18.6 Å². The standard InChI is InChI=1S/C42H41NO9/c1-4-50-37(45)36-41(39(47)51-26-30-16-10-6-11-17-30,40(48)52-27-31-18-12-7-13-19-31)24-32(23-35(44)49-3)42(36)33-22-28(2)20-21-34(33)43(38(42)46)25-29-14-8-5-9-15-29/h5-22,32,36H,4,23-27H2,1-3H3/t32-,36+,42-/m0/s1. The molecule has 1 saturated carbocycles. The number of rotatable bonds is 12. The predicted octanol–water partition coefficient (Wildman–Crippen LogP) is 6.02. The minimum atomic E-state index is -2.39. The second kappa shape index (κ2) is 15.2. The Bertz CT molecular complexity index is 1890. The molecule has 1 fully saturated rings. The zero-order valence-electron chi connectivity index (χ0n) is 29.4. The number of aryl methyl sites for hydroxylation is 1. The highest BCUT2D eigenvalue weighted by molar-refractivity contribution is 6.15. The smallest absolute Gasteiger partial charge is 0.324 e. The molecular formula is C42H41NO9. The third kappa shape index (κ3) is 6.45. The number of hydrogen-bond donors (Lipinski definition) is 0. The number of fused-ring (bicyclic) bond motifs is 2. The molecule has 1 amide bonds. The van der Waals surface area contributed by atoms with Crippen LogP contribution in [-0.2, 0) is 68.1 Å². The summed E-state index contributed by atoms with van der Waals surface area (Å²) in [5.74, 6) is -7.14. The van der Waals surface area contributed by atoms with Crippen LogP contribution in [0, 0.1) is 24.2 Å². The van der Waals surface area contributed by atoms with Crippen molar-refractivity contribution >= 4 is 35.5 Å². The van der Waals surface area contributed by atoms with E-state index in [1.54, 1.807) is 72.5 Å². The van der Waals surface area contributed by atoms with Gasteiger partial charge in [-0.1, -0.05) is 109 Å². The van der Waals surface area contributed by atoms with Crippen LogP contribution >= 0.6 is 0 Å². The molecule has 0 bridgehead atoms. The third-order valence-corrected chi connectivity index (χ3v) is 10.1. The fraction of sp³-hybridized carbons (Fsp3) is 0.310. The van der Waals surface area contributed by atoms with E-state index >= 15 is 4.79 Å². The molecule has 4 aromatic carbocycles. The number of nitrogens with zero attached hydrogens (tertiary/aromatic N) is 1. The van der Waals surface area contributed by atoms with Crippen LogP contribution in [0.1, 0.15) is 47.6 Å². The summed E-state index contributed by atoms with van der Waals surface area (Å²) in [5, 5.41) is 0. The van der Waals surface area contributed by atoms with Gasteiger partial charge in [0.15, 0.2) is 5.41 Å². The second-order valence-corrected chi connectivity index (χ2v) is 13.2. The van der Waals surface area contributed by atoms with Gasteiger partial charge in [-0.25, -0.2) is 0 Å². The molecule has 4 aromatic rings. The Labute approximate surface area is 302 Å². The monoisotopic (exact) mass is 703 g/mol. The van der Waals surface area contributed by atoms with Gasteiger partial charge in [0.25, 0.3) is 0 Å².